The molecular weight excluding hydrogens is 426 g/mol. The molecule has 2 aromatic carbocycles. The standard InChI is InChI=1S/C24H31N3O6/c1-17(28)16-21(29)27-24(23(25)32,14-13-18-6-3-2-4-7-18)26-19-9-11-20(12-10-19)33-15-5-8-22(30)31/h2-4,6-7,9-12,17,26,28H,5,8,13-16H2,1H3,(H2,25,32)(H,27,29)(H,30,31). The van der Waals surface area contributed by atoms with E-state index in [0.717, 1.165) is 5.56 Å². The second-order valence-electron chi connectivity index (χ2n) is 7.85. The van der Waals surface area contributed by atoms with E-state index in [-0.39, 0.29) is 25.9 Å². The number of carbonyl (C=O) groups is 3. The van der Waals surface area contributed by atoms with Gasteiger partial charge in [0, 0.05) is 18.5 Å². The van der Waals surface area contributed by atoms with Crippen molar-refractivity contribution in [1.82, 2.24) is 5.32 Å². The summed E-state index contributed by atoms with van der Waals surface area (Å²) in [6.45, 7) is 1.74. The van der Waals surface area contributed by atoms with Gasteiger partial charge in [-0.2, -0.15) is 0 Å². The Hall–Kier alpha value is -3.59. The Balaban J connectivity index is 2.16. The van der Waals surface area contributed by atoms with Crippen LogP contribution in [0, 0.1) is 0 Å². The zero-order chi connectivity index (χ0) is 24.3. The summed E-state index contributed by atoms with van der Waals surface area (Å²) in [5, 5.41) is 24.0. The first kappa shape index (κ1) is 25.7. The zero-order valence-electron chi connectivity index (χ0n) is 18.6. The van der Waals surface area contributed by atoms with Crippen molar-refractivity contribution in [1.29, 1.82) is 0 Å². The van der Waals surface area contributed by atoms with Crippen molar-refractivity contribution in [3.63, 3.8) is 0 Å². The topological polar surface area (TPSA) is 151 Å². The predicted octanol–water partition coefficient (Wildman–Crippen LogP) is 2.04. The highest BCUT2D eigenvalue weighted by Crippen LogP contribution is 2.22. The van der Waals surface area contributed by atoms with Crippen molar-refractivity contribution in [2.45, 2.75) is 50.8 Å². The summed E-state index contributed by atoms with van der Waals surface area (Å²) in [6, 6.07) is 16.2. The third-order valence-electron chi connectivity index (χ3n) is 4.90. The van der Waals surface area contributed by atoms with Crippen LogP contribution in [0.5, 0.6) is 5.75 Å². The lowest BCUT2D eigenvalue weighted by atomic mass is 9.97. The van der Waals surface area contributed by atoms with Crippen molar-refractivity contribution in [2.75, 3.05) is 11.9 Å². The average molecular weight is 458 g/mol. The molecule has 2 amide bonds. The summed E-state index contributed by atoms with van der Waals surface area (Å²) in [5.74, 6) is -1.61. The number of hydrogen-bond donors (Lipinski definition) is 5. The number of benzene rings is 2. The van der Waals surface area contributed by atoms with E-state index in [2.05, 4.69) is 10.6 Å². The quantitative estimate of drug-likeness (QED) is 0.215. The average Bonchev–Trinajstić information content (AvgIpc) is 2.76. The molecule has 0 heterocycles. The maximum atomic E-state index is 12.6. The number of aryl methyl sites for hydroxylation is 1. The highest BCUT2D eigenvalue weighted by atomic mass is 16.5. The van der Waals surface area contributed by atoms with Gasteiger partial charge >= 0.3 is 5.97 Å². The summed E-state index contributed by atoms with van der Waals surface area (Å²) in [4.78, 5) is 35.6. The molecule has 0 bridgehead atoms. The second kappa shape index (κ2) is 12.4. The molecule has 2 aromatic rings. The van der Waals surface area contributed by atoms with Gasteiger partial charge in [-0.3, -0.25) is 14.4 Å². The molecule has 33 heavy (non-hydrogen) atoms. The first-order chi connectivity index (χ1) is 15.7. The van der Waals surface area contributed by atoms with Crippen LogP contribution in [-0.2, 0) is 20.8 Å². The van der Waals surface area contributed by atoms with Gasteiger partial charge in [0.15, 0.2) is 5.66 Å². The van der Waals surface area contributed by atoms with Crippen LogP contribution in [0.1, 0.15) is 38.2 Å². The third kappa shape index (κ3) is 8.82. The smallest absolute Gasteiger partial charge is 0.303 e. The number of nitrogens with one attached hydrogen (secondary N) is 2. The normalized spacial score (nSPS) is 13.4. The summed E-state index contributed by atoms with van der Waals surface area (Å²) < 4.78 is 5.52. The number of aliphatic hydroxyl groups excluding tert-OH is 1. The van der Waals surface area contributed by atoms with Crippen molar-refractivity contribution in [3.05, 3.63) is 60.2 Å². The summed E-state index contributed by atoms with van der Waals surface area (Å²) in [6.07, 6.45) is 0.0123. The van der Waals surface area contributed by atoms with Crippen molar-refractivity contribution < 1.29 is 29.3 Å². The fourth-order valence-corrected chi connectivity index (χ4v) is 3.23. The number of nitrogens with two attached hydrogens (primary N) is 1. The Bertz CT molecular complexity index is 918. The molecule has 0 spiro atoms. The molecule has 178 valence electrons. The molecular formula is C24H31N3O6. The summed E-state index contributed by atoms with van der Waals surface area (Å²) in [7, 11) is 0. The summed E-state index contributed by atoms with van der Waals surface area (Å²) in [5.41, 5.74) is 5.67. The summed E-state index contributed by atoms with van der Waals surface area (Å²) >= 11 is 0. The number of aliphatic carboxylic acids is 1. The molecule has 2 rings (SSSR count). The maximum Gasteiger partial charge on any atom is 0.303 e. The minimum absolute atomic E-state index is 0.0222. The number of ether oxygens (including phenoxy) is 1. The molecule has 0 saturated heterocycles. The molecule has 0 aromatic heterocycles. The van der Waals surface area contributed by atoms with E-state index < -0.39 is 29.6 Å². The highest BCUT2D eigenvalue weighted by molar-refractivity contribution is 5.92. The Morgan fingerprint density at radius 3 is 2.33 bits per heavy atom. The van der Waals surface area contributed by atoms with Crippen molar-refractivity contribution >= 4 is 23.5 Å². The zero-order valence-corrected chi connectivity index (χ0v) is 18.6. The van der Waals surface area contributed by atoms with E-state index >= 15 is 0 Å². The van der Waals surface area contributed by atoms with E-state index in [9.17, 15) is 19.5 Å². The van der Waals surface area contributed by atoms with Crippen LogP contribution in [0.25, 0.3) is 0 Å². The van der Waals surface area contributed by atoms with E-state index in [4.69, 9.17) is 15.6 Å². The Morgan fingerprint density at radius 1 is 1.09 bits per heavy atom. The number of carboxylic acids is 1. The number of amides is 2. The maximum absolute atomic E-state index is 12.6. The van der Waals surface area contributed by atoms with Crippen LogP contribution in [0.4, 0.5) is 5.69 Å². The van der Waals surface area contributed by atoms with Crippen molar-refractivity contribution in [2.24, 2.45) is 5.73 Å². The van der Waals surface area contributed by atoms with E-state index in [1.54, 1.807) is 24.3 Å². The molecule has 9 heteroatoms. The number of hydrogen-bond acceptors (Lipinski definition) is 6. The fraction of sp³-hybridized carbons (Fsp3) is 0.375. The van der Waals surface area contributed by atoms with E-state index in [1.807, 2.05) is 30.3 Å². The van der Waals surface area contributed by atoms with E-state index in [1.165, 1.54) is 6.92 Å². The lowest BCUT2D eigenvalue weighted by Crippen LogP contribution is -2.63. The first-order valence-electron chi connectivity index (χ1n) is 10.8. The van der Waals surface area contributed by atoms with Gasteiger partial charge < -0.3 is 31.3 Å². The monoisotopic (exact) mass is 457 g/mol. The lowest BCUT2D eigenvalue weighted by molar-refractivity contribution is -0.137. The second-order valence-corrected chi connectivity index (χ2v) is 7.85. The van der Waals surface area contributed by atoms with Crippen LogP contribution in [0.15, 0.2) is 54.6 Å². The molecule has 0 saturated carbocycles. The van der Waals surface area contributed by atoms with Gasteiger partial charge in [0.1, 0.15) is 5.75 Å². The van der Waals surface area contributed by atoms with Crippen molar-refractivity contribution in [3.8, 4) is 5.75 Å². The molecule has 6 N–H and O–H groups in total. The first-order valence-corrected chi connectivity index (χ1v) is 10.8. The van der Waals surface area contributed by atoms with Gasteiger partial charge in [-0.15, -0.1) is 0 Å². The van der Waals surface area contributed by atoms with Gasteiger partial charge in [-0.05, 0) is 49.6 Å². The highest BCUT2D eigenvalue weighted by Gasteiger charge is 2.38. The number of primary amides is 1. The van der Waals surface area contributed by atoms with E-state index in [0.29, 0.717) is 24.3 Å². The van der Waals surface area contributed by atoms with Crippen LogP contribution < -0.4 is 21.1 Å². The SMILES string of the molecule is CC(O)CC(=O)NC(CCc1ccccc1)(Nc1ccc(OCCCC(=O)O)cc1)C(N)=O. The lowest BCUT2D eigenvalue weighted by Gasteiger charge is -2.34. The van der Waals surface area contributed by atoms with Gasteiger partial charge in [0.25, 0.3) is 5.91 Å². The van der Waals surface area contributed by atoms with Gasteiger partial charge in [-0.25, -0.2) is 0 Å². The van der Waals surface area contributed by atoms with Crippen LogP contribution in [0.2, 0.25) is 0 Å². The third-order valence-corrected chi connectivity index (χ3v) is 4.90. The van der Waals surface area contributed by atoms with Crippen LogP contribution in [0.3, 0.4) is 0 Å². The van der Waals surface area contributed by atoms with Gasteiger partial charge in [0.2, 0.25) is 5.91 Å². The molecule has 0 aliphatic rings. The number of rotatable bonds is 14. The van der Waals surface area contributed by atoms with Crippen LogP contribution in [-0.4, -0.2) is 46.4 Å². The number of carbonyl (C=O) groups excluding carboxylic acids is 2. The number of carboxylic acid groups (broad SMARTS) is 1. The molecule has 0 radical (unpaired) electrons. The Morgan fingerprint density at radius 2 is 1.76 bits per heavy atom. The Kier molecular flexibility index (Phi) is 9.68. The van der Waals surface area contributed by atoms with Gasteiger partial charge in [-0.1, -0.05) is 30.3 Å². The van der Waals surface area contributed by atoms with Crippen LogP contribution >= 0.6 is 0 Å². The molecule has 0 aliphatic heterocycles. The molecule has 9 nitrogen and oxygen atoms in total. The largest absolute Gasteiger partial charge is 0.494 e. The number of anilines is 1. The minimum Gasteiger partial charge on any atom is -0.494 e. The Labute approximate surface area is 192 Å². The molecule has 2 atom stereocenters. The van der Waals surface area contributed by atoms with Gasteiger partial charge in [0.05, 0.1) is 19.1 Å². The minimum atomic E-state index is -1.58. The molecule has 0 aliphatic carbocycles. The predicted molar refractivity (Wildman–Crippen MR) is 124 cm³/mol. The molecule has 2 unspecified atom stereocenters. The number of aliphatic hydroxyl groups is 1. The molecule has 0 fully saturated rings. The fourth-order valence-electron chi connectivity index (χ4n) is 3.23.